The summed E-state index contributed by atoms with van der Waals surface area (Å²) in [6.45, 7) is 7.23. The fourth-order valence-electron chi connectivity index (χ4n) is 1.84. The first-order valence-corrected chi connectivity index (χ1v) is 7.29. The molecule has 0 aliphatic rings. The summed E-state index contributed by atoms with van der Waals surface area (Å²) in [5.41, 5.74) is 7.98. The number of hydrogen-bond donors (Lipinski definition) is 2. The first kappa shape index (κ1) is 17.0. The lowest BCUT2D eigenvalue weighted by molar-refractivity contribution is 0.0111. The maximum Gasteiger partial charge on any atom is 0.124 e. The van der Waals surface area contributed by atoms with Crippen molar-refractivity contribution in [3.63, 3.8) is 0 Å². The molecule has 4 heteroatoms. The van der Waals surface area contributed by atoms with Gasteiger partial charge >= 0.3 is 0 Å². The first-order valence-electron chi connectivity index (χ1n) is 7.29. The van der Waals surface area contributed by atoms with Crippen LogP contribution in [0.5, 0.6) is 5.75 Å². The molecule has 2 atom stereocenters. The van der Waals surface area contributed by atoms with E-state index in [1.165, 1.54) is 0 Å². The third-order valence-corrected chi connectivity index (χ3v) is 3.04. The smallest absolute Gasteiger partial charge is 0.124 e. The highest BCUT2D eigenvalue weighted by Crippen LogP contribution is 2.25. The van der Waals surface area contributed by atoms with Crippen molar-refractivity contribution in [2.75, 3.05) is 19.8 Å². The number of nitrogens with two attached hydrogens (primary N) is 1. The molecule has 0 fully saturated rings. The summed E-state index contributed by atoms with van der Waals surface area (Å²) in [4.78, 5) is 0. The molecule has 1 aromatic carbocycles. The number of unbranched alkanes of at least 4 members (excludes halogenated alkanes) is 1. The Kier molecular flexibility index (Phi) is 7.59. The van der Waals surface area contributed by atoms with Crippen LogP contribution < -0.4 is 10.5 Å². The zero-order valence-electron chi connectivity index (χ0n) is 12.8. The summed E-state index contributed by atoms with van der Waals surface area (Å²) < 4.78 is 11.1. The van der Waals surface area contributed by atoms with Crippen LogP contribution in [-0.2, 0) is 4.74 Å². The molecule has 2 unspecified atom stereocenters. The van der Waals surface area contributed by atoms with Gasteiger partial charge in [-0.25, -0.2) is 0 Å². The molecule has 0 aliphatic carbocycles. The number of aliphatic hydroxyl groups is 1. The van der Waals surface area contributed by atoms with E-state index in [0.717, 1.165) is 29.7 Å². The zero-order valence-corrected chi connectivity index (χ0v) is 12.8. The average Bonchev–Trinajstić information content (AvgIpc) is 2.41. The number of ether oxygens (including phenoxy) is 2. The van der Waals surface area contributed by atoms with E-state index in [1.54, 1.807) is 0 Å². The van der Waals surface area contributed by atoms with Crippen molar-refractivity contribution >= 4 is 0 Å². The van der Waals surface area contributed by atoms with Crippen molar-refractivity contribution in [1.82, 2.24) is 0 Å². The van der Waals surface area contributed by atoms with Crippen LogP contribution in [0.2, 0.25) is 0 Å². The van der Waals surface area contributed by atoms with Gasteiger partial charge in [0.1, 0.15) is 18.5 Å². The Balaban J connectivity index is 2.46. The average molecular weight is 281 g/mol. The number of rotatable bonds is 9. The Morgan fingerprint density at radius 3 is 2.70 bits per heavy atom. The lowest BCUT2D eigenvalue weighted by atomic mass is 10.1. The molecule has 0 radical (unpaired) electrons. The molecular formula is C16H27NO3. The molecule has 114 valence electrons. The molecule has 0 saturated carbocycles. The van der Waals surface area contributed by atoms with Gasteiger partial charge < -0.3 is 20.3 Å². The molecule has 0 aromatic heterocycles. The third kappa shape index (κ3) is 5.90. The van der Waals surface area contributed by atoms with E-state index in [4.69, 9.17) is 15.2 Å². The van der Waals surface area contributed by atoms with Gasteiger partial charge in [-0.1, -0.05) is 25.5 Å². The SMILES string of the molecule is CCCCOCC(O)COc1cc(C)ccc1C(C)N. The van der Waals surface area contributed by atoms with Crippen LogP contribution in [0.1, 0.15) is 43.9 Å². The molecule has 0 saturated heterocycles. The summed E-state index contributed by atoms with van der Waals surface area (Å²) in [6.07, 6.45) is 1.49. The molecule has 1 aromatic rings. The van der Waals surface area contributed by atoms with Crippen molar-refractivity contribution in [3.8, 4) is 5.75 Å². The van der Waals surface area contributed by atoms with Gasteiger partial charge in [-0.15, -0.1) is 0 Å². The fourth-order valence-corrected chi connectivity index (χ4v) is 1.84. The van der Waals surface area contributed by atoms with E-state index in [1.807, 2.05) is 32.0 Å². The van der Waals surface area contributed by atoms with Gasteiger partial charge in [0.2, 0.25) is 0 Å². The van der Waals surface area contributed by atoms with Crippen LogP contribution in [-0.4, -0.2) is 31.0 Å². The molecule has 0 spiro atoms. The number of benzene rings is 1. The van der Waals surface area contributed by atoms with Crippen LogP contribution in [0.25, 0.3) is 0 Å². The molecule has 0 heterocycles. The maximum atomic E-state index is 9.83. The van der Waals surface area contributed by atoms with Crippen molar-refractivity contribution in [3.05, 3.63) is 29.3 Å². The Morgan fingerprint density at radius 1 is 1.30 bits per heavy atom. The summed E-state index contributed by atoms with van der Waals surface area (Å²) in [5, 5.41) is 9.83. The molecule has 3 N–H and O–H groups in total. The van der Waals surface area contributed by atoms with Gasteiger partial charge in [-0.2, -0.15) is 0 Å². The highest BCUT2D eigenvalue weighted by molar-refractivity contribution is 5.38. The van der Waals surface area contributed by atoms with Gasteiger partial charge in [-0.05, 0) is 31.9 Å². The second-order valence-corrected chi connectivity index (χ2v) is 5.22. The highest BCUT2D eigenvalue weighted by atomic mass is 16.5. The van der Waals surface area contributed by atoms with Gasteiger partial charge in [0.15, 0.2) is 0 Å². The molecular weight excluding hydrogens is 254 g/mol. The summed E-state index contributed by atoms with van der Waals surface area (Å²) in [6, 6.07) is 5.84. The number of aliphatic hydroxyl groups excluding tert-OH is 1. The van der Waals surface area contributed by atoms with E-state index in [2.05, 4.69) is 6.92 Å². The lowest BCUT2D eigenvalue weighted by Crippen LogP contribution is -2.24. The van der Waals surface area contributed by atoms with Crippen LogP contribution in [0.4, 0.5) is 0 Å². The highest BCUT2D eigenvalue weighted by Gasteiger charge is 2.11. The Bertz CT molecular complexity index is 393. The third-order valence-electron chi connectivity index (χ3n) is 3.04. The minimum absolute atomic E-state index is 0.0939. The van der Waals surface area contributed by atoms with Gasteiger partial charge in [0.05, 0.1) is 6.61 Å². The maximum absolute atomic E-state index is 9.83. The molecule has 20 heavy (non-hydrogen) atoms. The van der Waals surface area contributed by atoms with E-state index in [-0.39, 0.29) is 12.6 Å². The Labute approximate surface area is 121 Å². The first-order chi connectivity index (χ1) is 9.54. The predicted molar refractivity (Wildman–Crippen MR) is 81.0 cm³/mol. The van der Waals surface area contributed by atoms with Crippen LogP contribution >= 0.6 is 0 Å². The topological polar surface area (TPSA) is 64.7 Å². The molecule has 0 bridgehead atoms. The molecule has 0 aliphatic heterocycles. The monoisotopic (exact) mass is 281 g/mol. The van der Waals surface area contributed by atoms with Crippen LogP contribution in [0, 0.1) is 6.92 Å². The summed E-state index contributed by atoms with van der Waals surface area (Å²) >= 11 is 0. The number of hydrogen-bond acceptors (Lipinski definition) is 4. The van der Waals surface area contributed by atoms with Crippen molar-refractivity contribution in [2.24, 2.45) is 5.73 Å². The van der Waals surface area contributed by atoms with Gasteiger partial charge in [-0.3, -0.25) is 0 Å². The second-order valence-electron chi connectivity index (χ2n) is 5.22. The van der Waals surface area contributed by atoms with Gasteiger partial charge in [0, 0.05) is 18.2 Å². The molecule has 0 amide bonds. The molecule has 4 nitrogen and oxygen atoms in total. The zero-order chi connectivity index (χ0) is 15.0. The standard InChI is InChI=1S/C16H27NO3/c1-4-5-8-19-10-14(18)11-20-16-9-12(2)6-7-15(16)13(3)17/h6-7,9,13-14,18H,4-5,8,10-11,17H2,1-3H3. The predicted octanol–water partition coefficient (Wildman–Crippen LogP) is 2.57. The summed E-state index contributed by atoms with van der Waals surface area (Å²) in [7, 11) is 0. The molecule has 1 rings (SSSR count). The van der Waals surface area contributed by atoms with E-state index >= 15 is 0 Å². The fraction of sp³-hybridized carbons (Fsp3) is 0.625. The Morgan fingerprint density at radius 2 is 2.05 bits per heavy atom. The van der Waals surface area contributed by atoms with Crippen molar-refractivity contribution in [1.29, 1.82) is 0 Å². The number of aryl methyl sites for hydroxylation is 1. The van der Waals surface area contributed by atoms with Crippen molar-refractivity contribution in [2.45, 2.75) is 45.8 Å². The largest absolute Gasteiger partial charge is 0.490 e. The minimum atomic E-state index is -0.617. The van der Waals surface area contributed by atoms with E-state index in [9.17, 15) is 5.11 Å². The van der Waals surface area contributed by atoms with E-state index < -0.39 is 6.10 Å². The van der Waals surface area contributed by atoms with Gasteiger partial charge in [0.25, 0.3) is 0 Å². The Hall–Kier alpha value is -1.10. The van der Waals surface area contributed by atoms with Crippen LogP contribution in [0.15, 0.2) is 18.2 Å². The second kappa shape index (κ2) is 8.95. The van der Waals surface area contributed by atoms with Crippen molar-refractivity contribution < 1.29 is 14.6 Å². The normalized spacial score (nSPS) is 14.1. The minimum Gasteiger partial charge on any atom is -0.490 e. The van der Waals surface area contributed by atoms with E-state index in [0.29, 0.717) is 13.2 Å². The lowest BCUT2D eigenvalue weighted by Gasteiger charge is -2.17. The summed E-state index contributed by atoms with van der Waals surface area (Å²) in [5.74, 6) is 0.743. The van der Waals surface area contributed by atoms with Crippen LogP contribution in [0.3, 0.4) is 0 Å². The quantitative estimate of drug-likeness (QED) is 0.683.